The summed E-state index contributed by atoms with van der Waals surface area (Å²) < 4.78 is 1.01. The van der Waals surface area contributed by atoms with Gasteiger partial charge in [-0.2, -0.15) is 0 Å². The summed E-state index contributed by atoms with van der Waals surface area (Å²) in [6.07, 6.45) is 0. The van der Waals surface area contributed by atoms with Crippen LogP contribution >= 0.6 is 27.3 Å². The van der Waals surface area contributed by atoms with Crippen molar-refractivity contribution in [3.05, 3.63) is 50.1 Å². The lowest BCUT2D eigenvalue weighted by atomic mass is 10.1. The van der Waals surface area contributed by atoms with E-state index >= 15 is 0 Å². The second-order valence-electron chi connectivity index (χ2n) is 4.07. The van der Waals surface area contributed by atoms with E-state index in [1.54, 1.807) is 17.4 Å². The third-order valence-corrected chi connectivity index (χ3v) is 4.60. The fourth-order valence-corrected chi connectivity index (χ4v) is 3.11. The van der Waals surface area contributed by atoms with Crippen molar-refractivity contribution in [1.29, 1.82) is 0 Å². The minimum Gasteiger partial charge on any atom is -0.347 e. The second-order valence-corrected chi connectivity index (χ2v) is 5.92. The van der Waals surface area contributed by atoms with Gasteiger partial charge in [-0.3, -0.25) is 10.6 Å². The van der Waals surface area contributed by atoms with Crippen LogP contribution in [0.15, 0.2) is 34.1 Å². The Hall–Kier alpha value is -1.37. The van der Waals surface area contributed by atoms with Crippen molar-refractivity contribution < 1.29 is 4.79 Å². The van der Waals surface area contributed by atoms with Gasteiger partial charge in [-0.1, -0.05) is 11.6 Å². The van der Waals surface area contributed by atoms with E-state index in [9.17, 15) is 4.79 Å². The largest absolute Gasteiger partial charge is 0.347 e. The molecule has 2 rings (SSSR count). The van der Waals surface area contributed by atoms with Gasteiger partial charge in [0.25, 0.3) is 5.91 Å². The van der Waals surface area contributed by atoms with Crippen LogP contribution in [-0.2, 0) is 6.54 Å². The van der Waals surface area contributed by atoms with Gasteiger partial charge in [0, 0.05) is 9.35 Å². The Kier molecular flexibility index (Phi) is 4.57. The number of hydrogen-bond donors (Lipinski definition) is 3. The van der Waals surface area contributed by atoms with Gasteiger partial charge in [-0.25, -0.2) is 0 Å². The number of halogens is 1. The van der Waals surface area contributed by atoms with Gasteiger partial charge in [-0.15, -0.1) is 11.3 Å². The number of anilines is 1. The predicted molar refractivity (Wildman–Crippen MR) is 82.2 cm³/mol. The molecule has 4 nitrogen and oxygen atoms in total. The number of hydrogen-bond acceptors (Lipinski definition) is 4. The second kappa shape index (κ2) is 6.18. The monoisotopic (exact) mass is 339 g/mol. The lowest BCUT2D eigenvalue weighted by molar-refractivity contribution is 0.0952. The molecule has 1 heterocycles. The van der Waals surface area contributed by atoms with Crippen molar-refractivity contribution in [3.63, 3.8) is 0 Å². The Morgan fingerprint density at radius 1 is 1.42 bits per heavy atom. The molecule has 0 saturated heterocycles. The first kappa shape index (κ1) is 14.0. The highest BCUT2D eigenvalue weighted by Gasteiger charge is 2.11. The number of rotatable bonds is 4. The molecule has 0 unspecified atom stereocenters. The fraction of sp³-hybridized carbons (Fsp3) is 0.154. The third-order valence-electron chi connectivity index (χ3n) is 2.68. The SMILES string of the molecule is Cc1ccc(NN)c(C(=O)NCc2sccc2Br)c1. The van der Waals surface area contributed by atoms with E-state index in [2.05, 4.69) is 26.7 Å². The molecule has 0 fully saturated rings. The van der Waals surface area contributed by atoms with Crippen LogP contribution in [0.4, 0.5) is 5.69 Å². The molecular formula is C13H14BrN3OS. The number of nitrogens with one attached hydrogen (secondary N) is 2. The molecule has 1 aromatic heterocycles. The maximum Gasteiger partial charge on any atom is 0.253 e. The van der Waals surface area contributed by atoms with Crippen molar-refractivity contribution in [2.45, 2.75) is 13.5 Å². The van der Waals surface area contributed by atoms with Gasteiger partial charge in [-0.05, 0) is 46.4 Å². The molecule has 0 bridgehead atoms. The molecule has 19 heavy (non-hydrogen) atoms. The van der Waals surface area contributed by atoms with Crippen LogP contribution in [0.1, 0.15) is 20.8 Å². The topological polar surface area (TPSA) is 67.1 Å². The summed E-state index contributed by atoms with van der Waals surface area (Å²) in [4.78, 5) is 13.3. The minimum atomic E-state index is -0.142. The van der Waals surface area contributed by atoms with Crippen molar-refractivity contribution in [1.82, 2.24) is 5.32 Å². The summed E-state index contributed by atoms with van der Waals surface area (Å²) in [5, 5.41) is 4.87. The Morgan fingerprint density at radius 3 is 2.84 bits per heavy atom. The van der Waals surface area contributed by atoms with Crippen molar-refractivity contribution >= 4 is 38.9 Å². The summed E-state index contributed by atoms with van der Waals surface area (Å²) in [5.41, 5.74) is 4.73. The smallest absolute Gasteiger partial charge is 0.253 e. The molecule has 6 heteroatoms. The number of amides is 1. The van der Waals surface area contributed by atoms with E-state index in [0.29, 0.717) is 17.8 Å². The third kappa shape index (κ3) is 3.34. The highest BCUT2D eigenvalue weighted by Crippen LogP contribution is 2.22. The molecule has 0 aliphatic heterocycles. The van der Waals surface area contributed by atoms with E-state index in [1.807, 2.05) is 30.5 Å². The standard InChI is InChI=1S/C13H14BrN3OS/c1-8-2-3-11(17-15)9(6-8)13(18)16-7-12-10(14)4-5-19-12/h2-6,17H,7,15H2,1H3,(H,16,18). The molecule has 1 amide bonds. The number of nitrogens with two attached hydrogens (primary N) is 1. The van der Waals surface area contributed by atoms with Crippen LogP contribution in [0.2, 0.25) is 0 Å². The summed E-state index contributed by atoms with van der Waals surface area (Å²) in [6.45, 7) is 2.43. The number of aryl methyl sites for hydroxylation is 1. The maximum absolute atomic E-state index is 12.2. The van der Waals surface area contributed by atoms with Crippen molar-refractivity contribution in [2.75, 3.05) is 5.43 Å². The normalized spacial score (nSPS) is 10.3. The molecule has 1 aromatic carbocycles. The van der Waals surface area contributed by atoms with Crippen LogP contribution in [0.5, 0.6) is 0 Å². The van der Waals surface area contributed by atoms with Crippen LogP contribution in [0.3, 0.4) is 0 Å². The first-order valence-corrected chi connectivity index (χ1v) is 7.36. The number of carbonyl (C=O) groups excluding carboxylic acids is 1. The first-order chi connectivity index (χ1) is 9.11. The van der Waals surface area contributed by atoms with Crippen LogP contribution < -0.4 is 16.6 Å². The Bertz CT molecular complexity index is 597. The lowest BCUT2D eigenvalue weighted by Crippen LogP contribution is -2.24. The van der Waals surface area contributed by atoms with Gasteiger partial charge in [0.05, 0.1) is 17.8 Å². The first-order valence-electron chi connectivity index (χ1n) is 5.69. The van der Waals surface area contributed by atoms with E-state index in [-0.39, 0.29) is 5.91 Å². The van der Waals surface area contributed by atoms with Gasteiger partial charge in [0.15, 0.2) is 0 Å². The Balaban J connectivity index is 2.12. The molecule has 0 radical (unpaired) electrons. The van der Waals surface area contributed by atoms with E-state index in [1.165, 1.54) is 0 Å². The zero-order valence-corrected chi connectivity index (χ0v) is 12.8. The molecule has 0 saturated carbocycles. The number of hydrazine groups is 1. The number of benzene rings is 1. The molecule has 4 N–H and O–H groups in total. The van der Waals surface area contributed by atoms with E-state index < -0.39 is 0 Å². The summed E-state index contributed by atoms with van der Waals surface area (Å²) in [7, 11) is 0. The zero-order valence-electron chi connectivity index (χ0n) is 10.4. The molecule has 0 aliphatic carbocycles. The molecule has 0 aliphatic rings. The minimum absolute atomic E-state index is 0.142. The van der Waals surface area contributed by atoms with E-state index in [4.69, 9.17) is 5.84 Å². The average Bonchev–Trinajstić information content (AvgIpc) is 2.81. The molecule has 100 valence electrons. The summed E-state index contributed by atoms with van der Waals surface area (Å²) >= 11 is 5.04. The maximum atomic E-state index is 12.2. The lowest BCUT2D eigenvalue weighted by Gasteiger charge is -2.10. The van der Waals surface area contributed by atoms with Gasteiger partial charge >= 0.3 is 0 Å². The predicted octanol–water partition coefficient (Wildman–Crippen LogP) is 3.03. The quantitative estimate of drug-likeness (QED) is 0.592. The number of carbonyl (C=O) groups is 1. The summed E-state index contributed by atoms with van der Waals surface area (Å²) in [6, 6.07) is 7.48. The fourth-order valence-electron chi connectivity index (χ4n) is 1.68. The zero-order chi connectivity index (χ0) is 13.8. The number of nitrogen functional groups attached to an aromatic ring is 1. The molecule has 0 atom stereocenters. The van der Waals surface area contributed by atoms with Crippen molar-refractivity contribution in [2.24, 2.45) is 5.84 Å². The van der Waals surface area contributed by atoms with Crippen LogP contribution in [0.25, 0.3) is 0 Å². The molecule has 0 spiro atoms. The van der Waals surface area contributed by atoms with Crippen LogP contribution in [0, 0.1) is 6.92 Å². The van der Waals surface area contributed by atoms with Crippen LogP contribution in [-0.4, -0.2) is 5.91 Å². The van der Waals surface area contributed by atoms with E-state index in [0.717, 1.165) is 14.9 Å². The van der Waals surface area contributed by atoms with Crippen molar-refractivity contribution in [3.8, 4) is 0 Å². The average molecular weight is 340 g/mol. The molecule has 2 aromatic rings. The Labute approximate surface area is 124 Å². The van der Waals surface area contributed by atoms with Gasteiger partial charge in [0.2, 0.25) is 0 Å². The van der Waals surface area contributed by atoms with Gasteiger partial charge < -0.3 is 10.7 Å². The highest BCUT2D eigenvalue weighted by atomic mass is 79.9. The molecular weight excluding hydrogens is 326 g/mol. The highest BCUT2D eigenvalue weighted by molar-refractivity contribution is 9.10. The van der Waals surface area contributed by atoms with Gasteiger partial charge in [0.1, 0.15) is 0 Å². The summed E-state index contributed by atoms with van der Waals surface area (Å²) in [5.74, 6) is 5.28. The Morgan fingerprint density at radius 2 is 2.21 bits per heavy atom. The number of thiophene rings is 1.